The van der Waals surface area contributed by atoms with E-state index in [1.807, 2.05) is 0 Å². The van der Waals surface area contributed by atoms with Crippen LogP contribution in [0, 0.1) is 0 Å². The van der Waals surface area contributed by atoms with E-state index >= 15 is 0 Å². The Bertz CT molecular complexity index is 1100. The second kappa shape index (κ2) is 37.1. The van der Waals surface area contributed by atoms with Crippen molar-refractivity contribution < 1.29 is 104 Å². The van der Waals surface area contributed by atoms with Crippen LogP contribution in [0.5, 0.6) is 0 Å². The first kappa shape index (κ1) is 58.7. The Balaban J connectivity index is 5.68. The highest BCUT2D eigenvalue weighted by Gasteiger charge is 2.36. The summed E-state index contributed by atoms with van der Waals surface area (Å²) in [6.45, 7) is 1.92. The number of carbonyl (C=O) groups excluding carboxylic acids is 2. The Morgan fingerprint density at radius 2 is 0.951 bits per heavy atom. The first-order valence-electron chi connectivity index (χ1n) is 19.9. The van der Waals surface area contributed by atoms with Gasteiger partial charge in [0, 0.05) is 57.8 Å². The van der Waals surface area contributed by atoms with Crippen molar-refractivity contribution in [2.24, 2.45) is 0 Å². The van der Waals surface area contributed by atoms with Crippen molar-refractivity contribution in [1.82, 2.24) is 9.80 Å². The normalized spacial score (nSPS) is 16.3. The number of aliphatic hydroxyl groups is 11. The number of aliphatic hydroxyl groups excluding tert-OH is 11. The number of hydrogen-bond donors (Lipinski definition) is 11. The summed E-state index contributed by atoms with van der Waals surface area (Å²) < 4.78 is 43.8. The molecule has 0 radical (unpaired) electrons. The molecule has 11 N–H and O–H groups in total. The first-order valence-corrected chi connectivity index (χ1v) is 19.9. The predicted molar refractivity (Wildman–Crippen MR) is 213 cm³/mol. The molecule has 0 bridgehead atoms. The Morgan fingerprint density at radius 3 is 1.36 bits per heavy atom. The molecule has 0 aliphatic rings. The van der Waals surface area contributed by atoms with Crippen LogP contribution in [0.15, 0.2) is 25.3 Å². The summed E-state index contributed by atoms with van der Waals surface area (Å²) in [7, 11) is 0. The maximum absolute atomic E-state index is 11.5. The number of rotatable bonds is 43. The molecule has 0 rings (SSSR count). The van der Waals surface area contributed by atoms with Gasteiger partial charge in [0.2, 0.25) is 0 Å². The third kappa shape index (κ3) is 30.4. The van der Waals surface area contributed by atoms with Gasteiger partial charge in [-0.05, 0) is 0 Å². The van der Waals surface area contributed by atoms with Gasteiger partial charge in [-0.3, -0.25) is 9.80 Å². The molecule has 0 aromatic carbocycles. The van der Waals surface area contributed by atoms with Crippen LogP contribution in [0.3, 0.4) is 0 Å². The van der Waals surface area contributed by atoms with E-state index in [1.54, 1.807) is 9.80 Å². The van der Waals surface area contributed by atoms with Crippen molar-refractivity contribution in [3.05, 3.63) is 25.3 Å². The van der Waals surface area contributed by atoms with Crippen LogP contribution in [0.1, 0.15) is 6.42 Å². The zero-order valence-corrected chi connectivity index (χ0v) is 35.0. The second-order valence-electron chi connectivity index (χ2n) is 14.0. The van der Waals surface area contributed by atoms with Crippen molar-refractivity contribution in [3.63, 3.8) is 0 Å². The molecule has 23 nitrogen and oxygen atoms in total. The molecule has 360 valence electrons. The monoisotopic (exact) mass is 892 g/mol. The molecule has 0 fully saturated rings. The fourth-order valence-corrected chi connectivity index (χ4v) is 5.32. The average molecular weight is 893 g/mol. The lowest BCUT2D eigenvalue weighted by atomic mass is 9.97. The summed E-state index contributed by atoms with van der Waals surface area (Å²) in [5, 5.41) is 110. The maximum atomic E-state index is 11.5. The molecule has 61 heavy (non-hydrogen) atoms. The van der Waals surface area contributed by atoms with Crippen LogP contribution in [-0.4, -0.2) is 278 Å². The number of hydrogen-bond acceptors (Lipinski definition) is 23. The SMILES string of the molecule is C=CC(=O)OCC(O)COC(COCC(O)CN(CCO)CCO)COCC(O)CC(CO)(COC(CO)COCC(O)CN(CCO)CCO)OCC(O)COC(=O)C=C. The summed E-state index contributed by atoms with van der Waals surface area (Å²) in [6.07, 6.45) is -6.48. The Hall–Kier alpha value is -2.34. The van der Waals surface area contributed by atoms with E-state index in [2.05, 4.69) is 13.2 Å². The van der Waals surface area contributed by atoms with Gasteiger partial charge in [0.05, 0.1) is 117 Å². The highest BCUT2D eigenvalue weighted by molar-refractivity contribution is 5.81. The van der Waals surface area contributed by atoms with Gasteiger partial charge in [-0.25, -0.2) is 9.59 Å². The molecule has 23 heteroatoms. The lowest BCUT2D eigenvalue weighted by molar-refractivity contribution is -0.182. The minimum absolute atomic E-state index is 0.0877. The summed E-state index contributed by atoms with van der Waals surface area (Å²) in [5.74, 6) is -1.56. The molecular weight excluding hydrogens is 820 g/mol. The summed E-state index contributed by atoms with van der Waals surface area (Å²) in [6, 6.07) is 0. The van der Waals surface area contributed by atoms with Gasteiger partial charge in [0.1, 0.15) is 43.2 Å². The van der Waals surface area contributed by atoms with Crippen LogP contribution < -0.4 is 0 Å². The van der Waals surface area contributed by atoms with Crippen molar-refractivity contribution in [2.45, 2.75) is 54.7 Å². The Labute approximate surface area is 356 Å². The molecule has 0 spiro atoms. The molecule has 0 amide bonds. The zero-order chi connectivity index (χ0) is 45.9. The van der Waals surface area contributed by atoms with Crippen LogP contribution >= 0.6 is 0 Å². The molecule has 0 saturated heterocycles. The fourth-order valence-electron chi connectivity index (χ4n) is 5.32. The van der Waals surface area contributed by atoms with Crippen molar-refractivity contribution in [3.8, 4) is 0 Å². The van der Waals surface area contributed by atoms with Gasteiger partial charge in [0.25, 0.3) is 0 Å². The lowest BCUT2D eigenvalue weighted by Crippen LogP contribution is -2.49. The van der Waals surface area contributed by atoms with E-state index in [4.69, 9.17) is 37.9 Å². The standard InChI is InChI=1S/C38H72N2O21/c1-3-36(52)58-21-32(50)20-57-35(26-56-19-31(49)15-40(7-11-43)8-12-44)25-54-17-29(47)13-38(27-46,61-23-33(51)22-59-37(53)4-2)28-60-34(16-45)24-55-18-30(48)14-39(5-9-41)6-10-42/h3-4,29-35,41-51H,1-2,5-28H2. The molecule has 0 aromatic heterocycles. The predicted octanol–water partition coefficient (Wildman–Crippen LogP) is -6.23. The summed E-state index contributed by atoms with van der Waals surface area (Å²) >= 11 is 0. The number of esters is 2. The third-order valence-electron chi connectivity index (χ3n) is 8.40. The topological polar surface area (TPSA) is 337 Å². The number of ether oxygens (including phenoxy) is 8. The van der Waals surface area contributed by atoms with Crippen molar-refractivity contribution in [2.75, 3.05) is 152 Å². The smallest absolute Gasteiger partial charge is 0.330 e. The van der Waals surface area contributed by atoms with Gasteiger partial charge in [-0.1, -0.05) is 13.2 Å². The molecule has 0 saturated carbocycles. The highest BCUT2D eigenvalue weighted by Crippen LogP contribution is 2.21. The van der Waals surface area contributed by atoms with Crippen LogP contribution in [0.4, 0.5) is 0 Å². The average Bonchev–Trinajstić information content (AvgIpc) is 3.23. The highest BCUT2D eigenvalue weighted by atomic mass is 16.6. The van der Waals surface area contributed by atoms with E-state index in [1.165, 1.54) is 0 Å². The van der Waals surface area contributed by atoms with Crippen molar-refractivity contribution >= 4 is 11.9 Å². The maximum Gasteiger partial charge on any atom is 0.330 e. The molecule has 8 atom stereocenters. The summed E-state index contributed by atoms with van der Waals surface area (Å²) in [4.78, 5) is 26.1. The molecular formula is C38H72N2O21. The van der Waals surface area contributed by atoms with Gasteiger partial charge in [0.15, 0.2) is 0 Å². The fraction of sp³-hybridized carbons (Fsp3) is 0.842. The number of carbonyl (C=O) groups is 2. The van der Waals surface area contributed by atoms with E-state index < -0.39 is 107 Å². The molecule has 0 aromatic rings. The van der Waals surface area contributed by atoms with Gasteiger partial charge in [-0.15, -0.1) is 0 Å². The molecule has 8 unspecified atom stereocenters. The van der Waals surface area contributed by atoms with E-state index in [0.717, 1.165) is 12.2 Å². The minimum atomic E-state index is -1.74. The zero-order valence-electron chi connectivity index (χ0n) is 35.0. The van der Waals surface area contributed by atoms with Crippen LogP contribution in [0.25, 0.3) is 0 Å². The van der Waals surface area contributed by atoms with E-state index in [-0.39, 0.29) is 112 Å². The molecule has 0 aliphatic carbocycles. The first-order chi connectivity index (χ1) is 29.2. The van der Waals surface area contributed by atoms with Gasteiger partial charge in [-0.2, -0.15) is 0 Å². The second-order valence-corrected chi connectivity index (χ2v) is 14.0. The molecule has 0 aliphatic heterocycles. The lowest BCUT2D eigenvalue weighted by Gasteiger charge is -2.35. The van der Waals surface area contributed by atoms with Crippen LogP contribution in [-0.2, 0) is 47.5 Å². The quantitative estimate of drug-likeness (QED) is 0.0200. The van der Waals surface area contributed by atoms with Crippen LogP contribution in [0.2, 0.25) is 0 Å². The Morgan fingerprint density at radius 1 is 0.525 bits per heavy atom. The van der Waals surface area contributed by atoms with Crippen molar-refractivity contribution in [1.29, 1.82) is 0 Å². The third-order valence-corrected chi connectivity index (χ3v) is 8.40. The van der Waals surface area contributed by atoms with Gasteiger partial charge < -0.3 is 94.1 Å². The van der Waals surface area contributed by atoms with E-state index in [0.29, 0.717) is 0 Å². The van der Waals surface area contributed by atoms with E-state index in [9.17, 15) is 65.8 Å². The summed E-state index contributed by atoms with van der Waals surface area (Å²) in [5.41, 5.74) is -1.74. The number of nitrogens with zero attached hydrogens (tertiary/aromatic N) is 2. The minimum Gasteiger partial charge on any atom is -0.460 e. The van der Waals surface area contributed by atoms with Gasteiger partial charge >= 0.3 is 11.9 Å². The molecule has 0 heterocycles. The largest absolute Gasteiger partial charge is 0.460 e. The Kier molecular flexibility index (Phi) is 35.7.